The first-order chi connectivity index (χ1) is 7.58. The molecule has 2 aromatic carbocycles. The molecule has 0 bridgehead atoms. The zero-order valence-corrected chi connectivity index (χ0v) is 8.25. The summed E-state index contributed by atoms with van der Waals surface area (Å²) in [5.74, 6) is -0.686. The van der Waals surface area contributed by atoms with Crippen molar-refractivity contribution in [2.24, 2.45) is 0 Å². The van der Waals surface area contributed by atoms with Crippen molar-refractivity contribution in [2.45, 2.75) is 0 Å². The molecule has 0 saturated carbocycles. The van der Waals surface area contributed by atoms with Gasteiger partial charge in [-0.05, 0) is 17.7 Å². The van der Waals surface area contributed by atoms with Gasteiger partial charge >= 0.3 is 0 Å². The van der Waals surface area contributed by atoms with Gasteiger partial charge in [-0.1, -0.05) is 12.1 Å². The highest BCUT2D eigenvalue weighted by molar-refractivity contribution is 5.78. The van der Waals surface area contributed by atoms with Gasteiger partial charge in [-0.2, -0.15) is 0 Å². The second-order valence-corrected chi connectivity index (χ2v) is 3.41. The molecule has 0 unspecified atom stereocenters. The van der Waals surface area contributed by atoms with Crippen LogP contribution in [0.5, 0.6) is 23.0 Å². The fourth-order valence-electron chi connectivity index (χ4n) is 1.55. The monoisotopic (exact) mass is 218 g/mol. The van der Waals surface area contributed by atoms with Crippen LogP contribution in [0.4, 0.5) is 0 Å². The van der Waals surface area contributed by atoms with Crippen molar-refractivity contribution in [1.82, 2.24) is 0 Å². The van der Waals surface area contributed by atoms with E-state index in [-0.39, 0.29) is 28.6 Å². The molecule has 0 atom stereocenters. The maximum atomic E-state index is 9.61. The van der Waals surface area contributed by atoms with Crippen molar-refractivity contribution < 1.29 is 20.4 Å². The first-order valence-corrected chi connectivity index (χ1v) is 4.62. The molecule has 0 aliphatic heterocycles. The van der Waals surface area contributed by atoms with Crippen molar-refractivity contribution in [3.63, 3.8) is 0 Å². The first-order valence-electron chi connectivity index (χ1n) is 4.62. The lowest BCUT2D eigenvalue weighted by Crippen LogP contribution is -1.81. The Hall–Kier alpha value is -2.36. The SMILES string of the molecule is Oc1cccc(-c2c(O)cc(O)cc2O)c1. The standard InChI is InChI=1S/C12H10O4/c13-8-3-1-2-7(4-8)12-10(15)5-9(14)6-11(12)16/h1-6,13-16H. The molecule has 0 spiro atoms. The molecule has 2 aromatic rings. The van der Waals surface area contributed by atoms with Crippen molar-refractivity contribution in [2.75, 3.05) is 0 Å². The van der Waals surface area contributed by atoms with Gasteiger partial charge in [-0.15, -0.1) is 0 Å². The van der Waals surface area contributed by atoms with E-state index in [4.69, 9.17) is 5.11 Å². The fraction of sp³-hybridized carbons (Fsp3) is 0. The Morgan fingerprint density at radius 3 is 1.88 bits per heavy atom. The minimum atomic E-state index is -0.247. The first kappa shape index (κ1) is 10.2. The fourth-order valence-corrected chi connectivity index (χ4v) is 1.55. The number of hydrogen-bond acceptors (Lipinski definition) is 4. The number of rotatable bonds is 1. The normalized spacial score (nSPS) is 10.2. The van der Waals surface area contributed by atoms with Gasteiger partial charge in [-0.3, -0.25) is 0 Å². The van der Waals surface area contributed by atoms with Crippen LogP contribution < -0.4 is 0 Å². The van der Waals surface area contributed by atoms with E-state index in [2.05, 4.69) is 0 Å². The van der Waals surface area contributed by atoms with Crippen molar-refractivity contribution in [1.29, 1.82) is 0 Å². The maximum absolute atomic E-state index is 9.61. The third-order valence-electron chi connectivity index (χ3n) is 2.22. The molecule has 0 aliphatic rings. The van der Waals surface area contributed by atoms with Gasteiger partial charge in [-0.25, -0.2) is 0 Å². The Labute approximate surface area is 91.7 Å². The summed E-state index contributed by atoms with van der Waals surface area (Å²) in [5, 5.41) is 37.7. The van der Waals surface area contributed by atoms with Crippen LogP contribution in [0, 0.1) is 0 Å². The summed E-state index contributed by atoms with van der Waals surface area (Å²) < 4.78 is 0. The summed E-state index contributed by atoms with van der Waals surface area (Å²) in [6.07, 6.45) is 0. The van der Waals surface area contributed by atoms with Gasteiger partial charge in [0.05, 0.1) is 5.56 Å². The summed E-state index contributed by atoms with van der Waals surface area (Å²) in [6.45, 7) is 0. The summed E-state index contributed by atoms with van der Waals surface area (Å²) in [6, 6.07) is 8.37. The molecule has 2 rings (SSSR count). The maximum Gasteiger partial charge on any atom is 0.130 e. The smallest absolute Gasteiger partial charge is 0.130 e. The highest BCUT2D eigenvalue weighted by atomic mass is 16.3. The Kier molecular flexibility index (Phi) is 2.32. The molecule has 0 fully saturated rings. The predicted octanol–water partition coefficient (Wildman–Crippen LogP) is 2.18. The van der Waals surface area contributed by atoms with Crippen molar-refractivity contribution >= 4 is 0 Å². The third-order valence-corrected chi connectivity index (χ3v) is 2.22. The van der Waals surface area contributed by atoms with E-state index in [1.54, 1.807) is 12.1 Å². The molecule has 4 nitrogen and oxygen atoms in total. The molecule has 0 aliphatic carbocycles. The van der Waals surface area contributed by atoms with Gasteiger partial charge in [0.1, 0.15) is 23.0 Å². The Balaban J connectivity index is 2.64. The van der Waals surface area contributed by atoms with Crippen LogP contribution in [0.15, 0.2) is 36.4 Å². The number of hydrogen-bond donors (Lipinski definition) is 4. The molecule has 0 saturated heterocycles. The van der Waals surface area contributed by atoms with Gasteiger partial charge < -0.3 is 20.4 Å². The van der Waals surface area contributed by atoms with Crippen LogP contribution in [0.2, 0.25) is 0 Å². The van der Waals surface area contributed by atoms with Crippen LogP contribution in [0.3, 0.4) is 0 Å². The number of phenols is 4. The van der Waals surface area contributed by atoms with Crippen LogP contribution in [0.25, 0.3) is 11.1 Å². The lowest BCUT2D eigenvalue weighted by Gasteiger charge is -2.08. The van der Waals surface area contributed by atoms with E-state index in [9.17, 15) is 15.3 Å². The van der Waals surface area contributed by atoms with Crippen LogP contribution in [-0.4, -0.2) is 20.4 Å². The zero-order valence-electron chi connectivity index (χ0n) is 8.25. The van der Waals surface area contributed by atoms with Gasteiger partial charge in [0.25, 0.3) is 0 Å². The van der Waals surface area contributed by atoms with Crippen LogP contribution >= 0.6 is 0 Å². The number of aromatic hydroxyl groups is 4. The largest absolute Gasteiger partial charge is 0.508 e. The van der Waals surface area contributed by atoms with Crippen LogP contribution in [-0.2, 0) is 0 Å². The lowest BCUT2D eigenvalue weighted by atomic mass is 10.0. The average molecular weight is 218 g/mol. The van der Waals surface area contributed by atoms with Crippen molar-refractivity contribution in [3.05, 3.63) is 36.4 Å². The predicted molar refractivity (Wildman–Crippen MR) is 58.5 cm³/mol. The second-order valence-electron chi connectivity index (χ2n) is 3.41. The summed E-state index contributed by atoms with van der Waals surface area (Å²) in [4.78, 5) is 0. The number of benzene rings is 2. The Morgan fingerprint density at radius 2 is 1.31 bits per heavy atom. The van der Waals surface area contributed by atoms with E-state index in [1.165, 1.54) is 12.1 Å². The summed E-state index contributed by atoms with van der Waals surface area (Å²) in [7, 11) is 0. The average Bonchev–Trinajstić information content (AvgIpc) is 2.15. The van der Waals surface area contributed by atoms with E-state index < -0.39 is 0 Å². The van der Waals surface area contributed by atoms with Crippen molar-refractivity contribution in [3.8, 4) is 34.1 Å². The lowest BCUT2D eigenvalue weighted by molar-refractivity contribution is 0.430. The highest BCUT2D eigenvalue weighted by Gasteiger charge is 2.12. The molecular weight excluding hydrogens is 208 g/mol. The molecule has 0 radical (unpaired) electrons. The summed E-state index contributed by atoms with van der Waals surface area (Å²) in [5.41, 5.74) is 0.642. The third kappa shape index (κ3) is 1.72. The van der Waals surface area contributed by atoms with E-state index in [0.717, 1.165) is 12.1 Å². The second kappa shape index (κ2) is 3.66. The van der Waals surface area contributed by atoms with E-state index >= 15 is 0 Å². The quantitative estimate of drug-likeness (QED) is 0.591. The van der Waals surface area contributed by atoms with Gasteiger partial charge in [0.15, 0.2) is 0 Å². The number of phenolic OH excluding ortho intramolecular Hbond substituents is 4. The van der Waals surface area contributed by atoms with Gasteiger partial charge in [0.2, 0.25) is 0 Å². The molecular formula is C12H10O4. The van der Waals surface area contributed by atoms with E-state index in [0.29, 0.717) is 5.56 Å². The molecule has 82 valence electrons. The minimum Gasteiger partial charge on any atom is -0.508 e. The van der Waals surface area contributed by atoms with E-state index in [1.807, 2.05) is 0 Å². The molecule has 0 aromatic heterocycles. The summed E-state index contributed by atoms with van der Waals surface area (Å²) >= 11 is 0. The Morgan fingerprint density at radius 1 is 0.688 bits per heavy atom. The zero-order chi connectivity index (χ0) is 11.7. The van der Waals surface area contributed by atoms with Crippen LogP contribution in [0.1, 0.15) is 0 Å². The molecule has 4 N–H and O–H groups in total. The molecule has 4 heteroatoms. The molecule has 0 amide bonds. The minimum absolute atomic E-state index is 0.0318. The molecule has 16 heavy (non-hydrogen) atoms. The molecule has 0 heterocycles. The topological polar surface area (TPSA) is 80.9 Å². The Bertz CT molecular complexity index is 511. The van der Waals surface area contributed by atoms with Gasteiger partial charge in [0, 0.05) is 12.1 Å². The highest BCUT2D eigenvalue weighted by Crippen LogP contribution is 2.40.